The molecule has 1 aliphatic carbocycles. The van der Waals surface area contributed by atoms with Crippen LogP contribution in [0.2, 0.25) is 0 Å². The number of hydrogen-bond donors (Lipinski definition) is 0. The minimum atomic E-state index is -4.57. The van der Waals surface area contributed by atoms with Crippen molar-refractivity contribution in [1.29, 1.82) is 0 Å². The van der Waals surface area contributed by atoms with E-state index < -0.39 is 23.2 Å². The Balaban J connectivity index is 2.87. The van der Waals surface area contributed by atoms with Crippen LogP contribution in [0, 0.1) is 5.41 Å². The van der Waals surface area contributed by atoms with Crippen molar-refractivity contribution in [2.24, 2.45) is 5.41 Å². The summed E-state index contributed by atoms with van der Waals surface area (Å²) in [5, 5.41) is 0. The van der Waals surface area contributed by atoms with Gasteiger partial charge in [0, 0.05) is 0 Å². The maximum atomic E-state index is 13.0. The molecule has 0 aromatic rings. The molecule has 19 heavy (non-hydrogen) atoms. The van der Waals surface area contributed by atoms with Crippen LogP contribution in [0.15, 0.2) is 0 Å². The van der Waals surface area contributed by atoms with Crippen LogP contribution in [0.4, 0.5) is 13.2 Å². The van der Waals surface area contributed by atoms with Gasteiger partial charge in [0.05, 0.1) is 0 Å². The first-order valence-corrected chi connectivity index (χ1v) is 7.01. The maximum absolute atomic E-state index is 13.0. The molecular formula is C14H23F3O2. The van der Waals surface area contributed by atoms with E-state index in [1.807, 2.05) is 6.92 Å². The SMILES string of the molecule is CCC1(OC(=O)C(C)(CC)C(F)(F)F)CCCCC1. The van der Waals surface area contributed by atoms with Gasteiger partial charge in [0.15, 0.2) is 5.41 Å². The highest BCUT2D eigenvalue weighted by Gasteiger charge is 2.57. The zero-order chi connectivity index (χ0) is 14.7. The summed E-state index contributed by atoms with van der Waals surface area (Å²) in [7, 11) is 0. The number of ether oxygens (including phenoxy) is 1. The average Bonchev–Trinajstić information content (AvgIpc) is 2.37. The van der Waals surface area contributed by atoms with Crippen LogP contribution in [0.3, 0.4) is 0 Å². The smallest absolute Gasteiger partial charge is 0.404 e. The predicted molar refractivity (Wildman–Crippen MR) is 66.7 cm³/mol. The lowest BCUT2D eigenvalue weighted by Crippen LogP contribution is -2.48. The van der Waals surface area contributed by atoms with Gasteiger partial charge in [0.25, 0.3) is 0 Å². The monoisotopic (exact) mass is 280 g/mol. The zero-order valence-electron chi connectivity index (χ0n) is 11.9. The minimum Gasteiger partial charge on any atom is -0.458 e. The van der Waals surface area contributed by atoms with E-state index in [-0.39, 0.29) is 6.42 Å². The molecule has 0 saturated heterocycles. The molecule has 0 bridgehead atoms. The van der Waals surface area contributed by atoms with Crippen LogP contribution in [-0.4, -0.2) is 17.7 Å². The first-order valence-electron chi connectivity index (χ1n) is 7.01. The molecule has 0 aliphatic heterocycles. The van der Waals surface area contributed by atoms with Crippen molar-refractivity contribution in [2.45, 2.75) is 77.5 Å². The average molecular weight is 280 g/mol. The first kappa shape index (κ1) is 16.3. The summed E-state index contributed by atoms with van der Waals surface area (Å²) in [6, 6.07) is 0. The highest BCUT2D eigenvalue weighted by Crippen LogP contribution is 2.44. The molecule has 0 spiro atoms. The number of alkyl halides is 3. The topological polar surface area (TPSA) is 26.3 Å². The molecule has 2 nitrogen and oxygen atoms in total. The van der Waals surface area contributed by atoms with Crippen LogP contribution in [0.25, 0.3) is 0 Å². The zero-order valence-corrected chi connectivity index (χ0v) is 11.9. The van der Waals surface area contributed by atoms with Crippen molar-refractivity contribution in [3.63, 3.8) is 0 Å². The van der Waals surface area contributed by atoms with Crippen molar-refractivity contribution in [3.8, 4) is 0 Å². The molecule has 0 amide bonds. The Morgan fingerprint density at radius 2 is 1.68 bits per heavy atom. The van der Waals surface area contributed by atoms with Gasteiger partial charge in [-0.1, -0.05) is 20.3 Å². The van der Waals surface area contributed by atoms with Crippen molar-refractivity contribution >= 4 is 5.97 Å². The number of rotatable bonds is 4. The lowest BCUT2D eigenvalue weighted by molar-refractivity contribution is -0.239. The Morgan fingerprint density at radius 3 is 2.05 bits per heavy atom. The second-order valence-electron chi connectivity index (χ2n) is 5.67. The number of carbonyl (C=O) groups excluding carboxylic acids is 1. The quantitative estimate of drug-likeness (QED) is 0.702. The van der Waals surface area contributed by atoms with E-state index in [2.05, 4.69) is 0 Å². The largest absolute Gasteiger partial charge is 0.458 e. The Labute approximate surface area is 112 Å². The fourth-order valence-electron chi connectivity index (χ4n) is 2.49. The summed E-state index contributed by atoms with van der Waals surface area (Å²) in [5.74, 6) is -1.12. The minimum absolute atomic E-state index is 0.297. The second-order valence-corrected chi connectivity index (χ2v) is 5.67. The summed E-state index contributed by atoms with van der Waals surface area (Å²) < 4.78 is 44.5. The Kier molecular flexibility index (Phi) is 4.91. The van der Waals surface area contributed by atoms with Crippen LogP contribution in [-0.2, 0) is 9.53 Å². The number of hydrogen-bond acceptors (Lipinski definition) is 2. The molecule has 0 radical (unpaired) electrons. The Bertz CT molecular complexity index is 319. The molecular weight excluding hydrogens is 257 g/mol. The van der Waals surface area contributed by atoms with Crippen LogP contribution < -0.4 is 0 Å². The Morgan fingerprint density at radius 1 is 1.16 bits per heavy atom. The molecule has 112 valence electrons. The van der Waals surface area contributed by atoms with E-state index in [4.69, 9.17) is 4.74 Å². The fraction of sp³-hybridized carbons (Fsp3) is 0.929. The third kappa shape index (κ3) is 3.23. The predicted octanol–water partition coefficient (Wildman–Crippen LogP) is 4.62. The molecule has 1 fully saturated rings. The number of carbonyl (C=O) groups is 1. The van der Waals surface area contributed by atoms with Gasteiger partial charge < -0.3 is 4.74 Å². The van der Waals surface area contributed by atoms with Gasteiger partial charge >= 0.3 is 12.1 Å². The van der Waals surface area contributed by atoms with E-state index in [0.29, 0.717) is 19.3 Å². The van der Waals surface area contributed by atoms with Gasteiger partial charge in [0.1, 0.15) is 5.60 Å². The van der Waals surface area contributed by atoms with Crippen LogP contribution in [0.5, 0.6) is 0 Å². The molecule has 1 saturated carbocycles. The van der Waals surface area contributed by atoms with Gasteiger partial charge in [-0.05, 0) is 45.4 Å². The van der Waals surface area contributed by atoms with Crippen molar-refractivity contribution in [2.75, 3.05) is 0 Å². The molecule has 0 aromatic heterocycles. The van der Waals surface area contributed by atoms with Crippen LogP contribution in [0.1, 0.15) is 65.7 Å². The van der Waals surface area contributed by atoms with Gasteiger partial charge in [-0.2, -0.15) is 13.2 Å². The van der Waals surface area contributed by atoms with Crippen LogP contribution >= 0.6 is 0 Å². The first-order chi connectivity index (χ1) is 8.71. The lowest BCUT2D eigenvalue weighted by Gasteiger charge is -2.39. The summed E-state index contributed by atoms with van der Waals surface area (Å²) in [4.78, 5) is 12.0. The molecule has 0 heterocycles. The summed E-state index contributed by atoms with van der Waals surface area (Å²) in [5.41, 5.74) is -3.08. The molecule has 5 heteroatoms. The van der Waals surface area contributed by atoms with E-state index in [1.54, 1.807) is 0 Å². The number of esters is 1. The van der Waals surface area contributed by atoms with Gasteiger partial charge in [-0.25, -0.2) is 0 Å². The van der Waals surface area contributed by atoms with E-state index >= 15 is 0 Å². The number of halogens is 3. The molecule has 1 unspecified atom stereocenters. The van der Waals surface area contributed by atoms with Crippen molar-refractivity contribution < 1.29 is 22.7 Å². The third-order valence-electron chi connectivity index (χ3n) is 4.50. The normalized spacial score (nSPS) is 22.6. The van der Waals surface area contributed by atoms with E-state index in [9.17, 15) is 18.0 Å². The highest BCUT2D eigenvalue weighted by atomic mass is 19.4. The standard InChI is InChI=1S/C14H23F3O2/c1-4-12(3,14(15,16)17)11(18)19-13(5-2)9-7-6-8-10-13/h4-10H2,1-3H3. The fourth-order valence-corrected chi connectivity index (χ4v) is 2.49. The Hall–Kier alpha value is -0.740. The summed E-state index contributed by atoms with van der Waals surface area (Å²) >= 11 is 0. The van der Waals surface area contributed by atoms with Gasteiger partial charge in [-0.15, -0.1) is 0 Å². The molecule has 1 aliphatic rings. The molecule has 1 atom stereocenters. The molecule has 0 aromatic carbocycles. The summed E-state index contributed by atoms with van der Waals surface area (Å²) in [6.07, 6.45) is -0.0523. The summed E-state index contributed by atoms with van der Waals surface area (Å²) in [6.45, 7) is 4.17. The van der Waals surface area contributed by atoms with Crippen molar-refractivity contribution in [1.82, 2.24) is 0 Å². The van der Waals surface area contributed by atoms with Gasteiger partial charge in [-0.3, -0.25) is 4.79 Å². The van der Waals surface area contributed by atoms with E-state index in [1.165, 1.54) is 6.92 Å². The van der Waals surface area contributed by atoms with E-state index in [0.717, 1.165) is 26.2 Å². The van der Waals surface area contributed by atoms with Crippen molar-refractivity contribution in [3.05, 3.63) is 0 Å². The second kappa shape index (κ2) is 5.71. The maximum Gasteiger partial charge on any atom is 0.404 e. The third-order valence-corrected chi connectivity index (χ3v) is 4.50. The molecule has 0 N–H and O–H groups in total. The highest BCUT2D eigenvalue weighted by molar-refractivity contribution is 5.77. The van der Waals surface area contributed by atoms with Gasteiger partial charge in [0.2, 0.25) is 0 Å². The lowest BCUT2D eigenvalue weighted by atomic mass is 9.81. The molecule has 1 rings (SSSR count).